The molecule has 0 aliphatic heterocycles. The maximum absolute atomic E-state index is 3.54. The Bertz CT molecular complexity index is 73.7. The Balaban J connectivity index is 3.40. The lowest BCUT2D eigenvalue weighted by molar-refractivity contribution is 0.420. The molecule has 0 saturated heterocycles. The van der Waals surface area contributed by atoms with Crippen LogP contribution >= 0.6 is 27.7 Å². The van der Waals surface area contributed by atoms with Crippen molar-refractivity contribution in [1.82, 2.24) is 0 Å². The highest BCUT2D eigenvalue weighted by atomic mass is 79.9. The van der Waals surface area contributed by atoms with Crippen molar-refractivity contribution in [3.05, 3.63) is 0 Å². The molecule has 2 heteroatoms. The molecule has 0 N–H and O–H groups in total. The first-order valence-electron chi connectivity index (χ1n) is 3.77. The highest BCUT2D eigenvalue weighted by Gasteiger charge is 2.10. The molecule has 62 valence electrons. The molecule has 10 heavy (non-hydrogen) atoms. The van der Waals surface area contributed by atoms with Crippen molar-refractivity contribution in [1.29, 1.82) is 0 Å². The first kappa shape index (κ1) is 10.8. The quantitative estimate of drug-likeness (QED) is 0.646. The third kappa shape index (κ3) is 4.62. The maximum atomic E-state index is 3.54. The summed E-state index contributed by atoms with van der Waals surface area (Å²) < 4.78 is 0. The van der Waals surface area contributed by atoms with E-state index in [1.807, 2.05) is 11.8 Å². The van der Waals surface area contributed by atoms with Gasteiger partial charge in [-0.3, -0.25) is 0 Å². The van der Waals surface area contributed by atoms with E-state index in [2.05, 4.69) is 36.0 Å². The minimum absolute atomic E-state index is 0.825. The Morgan fingerprint density at radius 1 is 1.40 bits per heavy atom. The standard InChI is InChI=1S/C8H17BrS/c1-7(2)8(6-9)4-5-10-3/h7-8H,4-6H2,1-3H3. The molecule has 0 aliphatic rings. The van der Waals surface area contributed by atoms with Crippen molar-refractivity contribution >= 4 is 27.7 Å². The molecule has 0 bridgehead atoms. The highest BCUT2D eigenvalue weighted by Crippen LogP contribution is 2.19. The number of halogens is 1. The molecule has 0 amide bonds. The second kappa shape index (κ2) is 6.53. The van der Waals surface area contributed by atoms with E-state index in [9.17, 15) is 0 Å². The molecule has 0 aromatic carbocycles. The zero-order valence-electron chi connectivity index (χ0n) is 7.06. The van der Waals surface area contributed by atoms with Gasteiger partial charge in [0.05, 0.1) is 0 Å². The van der Waals surface area contributed by atoms with Crippen molar-refractivity contribution in [2.75, 3.05) is 17.3 Å². The normalized spacial score (nSPS) is 14.1. The fourth-order valence-electron chi connectivity index (χ4n) is 0.858. The third-order valence-corrected chi connectivity index (χ3v) is 3.31. The van der Waals surface area contributed by atoms with Gasteiger partial charge in [0.2, 0.25) is 0 Å². The average molecular weight is 225 g/mol. The van der Waals surface area contributed by atoms with Crippen LogP contribution in [0.1, 0.15) is 20.3 Å². The molecule has 1 unspecified atom stereocenters. The molecule has 1 atom stereocenters. The van der Waals surface area contributed by atoms with Crippen molar-refractivity contribution in [2.45, 2.75) is 20.3 Å². The molecule has 0 nitrogen and oxygen atoms in total. The molecule has 0 aromatic rings. The lowest BCUT2D eigenvalue weighted by Crippen LogP contribution is -2.10. The van der Waals surface area contributed by atoms with Gasteiger partial charge in [-0.25, -0.2) is 0 Å². The van der Waals surface area contributed by atoms with E-state index in [1.54, 1.807) is 0 Å². The van der Waals surface area contributed by atoms with Gasteiger partial charge in [-0.1, -0.05) is 29.8 Å². The van der Waals surface area contributed by atoms with E-state index in [0.717, 1.165) is 17.2 Å². The Morgan fingerprint density at radius 2 is 2.00 bits per heavy atom. The van der Waals surface area contributed by atoms with Gasteiger partial charge in [0.1, 0.15) is 0 Å². The minimum Gasteiger partial charge on any atom is -0.165 e. The molecule has 0 saturated carbocycles. The third-order valence-electron chi connectivity index (χ3n) is 1.83. The highest BCUT2D eigenvalue weighted by molar-refractivity contribution is 9.09. The summed E-state index contributed by atoms with van der Waals surface area (Å²) in [6.45, 7) is 4.60. The van der Waals surface area contributed by atoms with E-state index in [4.69, 9.17) is 0 Å². The number of hydrogen-bond donors (Lipinski definition) is 0. The van der Waals surface area contributed by atoms with Crippen molar-refractivity contribution < 1.29 is 0 Å². The second-order valence-electron chi connectivity index (χ2n) is 2.94. The van der Waals surface area contributed by atoms with Gasteiger partial charge < -0.3 is 0 Å². The van der Waals surface area contributed by atoms with Crippen LogP contribution in [0.2, 0.25) is 0 Å². The van der Waals surface area contributed by atoms with E-state index in [-0.39, 0.29) is 0 Å². The summed E-state index contributed by atoms with van der Waals surface area (Å²) in [6, 6.07) is 0. The lowest BCUT2D eigenvalue weighted by atomic mass is 9.96. The van der Waals surface area contributed by atoms with Crippen molar-refractivity contribution in [3.63, 3.8) is 0 Å². The molecule has 0 aromatic heterocycles. The van der Waals surface area contributed by atoms with Gasteiger partial charge in [-0.05, 0) is 30.3 Å². The molecular weight excluding hydrogens is 208 g/mol. The molecule has 0 spiro atoms. The lowest BCUT2D eigenvalue weighted by Gasteiger charge is -2.16. The first-order valence-corrected chi connectivity index (χ1v) is 6.28. The largest absolute Gasteiger partial charge is 0.165 e. The molecular formula is C8H17BrS. The predicted octanol–water partition coefficient (Wildman–Crippen LogP) is 3.41. The van der Waals surface area contributed by atoms with Gasteiger partial charge in [-0.15, -0.1) is 0 Å². The van der Waals surface area contributed by atoms with Crippen LogP contribution in [0.4, 0.5) is 0 Å². The summed E-state index contributed by atoms with van der Waals surface area (Å²) in [5.41, 5.74) is 0. The Labute approximate surface area is 77.3 Å². The van der Waals surface area contributed by atoms with E-state index in [1.165, 1.54) is 12.2 Å². The minimum atomic E-state index is 0.825. The number of hydrogen-bond acceptors (Lipinski definition) is 1. The number of rotatable bonds is 5. The van der Waals surface area contributed by atoms with Crippen LogP contribution < -0.4 is 0 Å². The van der Waals surface area contributed by atoms with E-state index >= 15 is 0 Å². The summed E-state index contributed by atoms with van der Waals surface area (Å²) in [5, 5.41) is 1.16. The summed E-state index contributed by atoms with van der Waals surface area (Å²) >= 11 is 5.48. The summed E-state index contributed by atoms with van der Waals surface area (Å²) in [5.74, 6) is 2.99. The van der Waals surface area contributed by atoms with Gasteiger partial charge in [0, 0.05) is 5.33 Å². The average Bonchev–Trinajstić information content (AvgIpc) is 1.89. The van der Waals surface area contributed by atoms with Crippen LogP contribution in [0.3, 0.4) is 0 Å². The zero-order chi connectivity index (χ0) is 7.98. The van der Waals surface area contributed by atoms with Crippen LogP contribution in [-0.4, -0.2) is 17.3 Å². The van der Waals surface area contributed by atoms with Crippen molar-refractivity contribution in [3.8, 4) is 0 Å². The molecule has 0 heterocycles. The van der Waals surface area contributed by atoms with Crippen LogP contribution in [0.5, 0.6) is 0 Å². The Morgan fingerprint density at radius 3 is 2.30 bits per heavy atom. The molecule has 0 rings (SSSR count). The van der Waals surface area contributed by atoms with Crippen LogP contribution in [0.15, 0.2) is 0 Å². The maximum Gasteiger partial charge on any atom is 0.00624 e. The van der Waals surface area contributed by atoms with Gasteiger partial charge in [0.25, 0.3) is 0 Å². The van der Waals surface area contributed by atoms with Crippen LogP contribution in [0, 0.1) is 11.8 Å². The summed E-state index contributed by atoms with van der Waals surface area (Å²) in [7, 11) is 0. The van der Waals surface area contributed by atoms with Gasteiger partial charge in [0.15, 0.2) is 0 Å². The van der Waals surface area contributed by atoms with Gasteiger partial charge in [-0.2, -0.15) is 11.8 Å². The molecule has 0 aliphatic carbocycles. The second-order valence-corrected chi connectivity index (χ2v) is 4.57. The monoisotopic (exact) mass is 224 g/mol. The zero-order valence-corrected chi connectivity index (χ0v) is 9.46. The topological polar surface area (TPSA) is 0 Å². The van der Waals surface area contributed by atoms with E-state index in [0.29, 0.717) is 0 Å². The number of thioether (sulfide) groups is 1. The molecule has 0 fully saturated rings. The Kier molecular flexibility index (Phi) is 7.08. The summed E-state index contributed by atoms with van der Waals surface area (Å²) in [4.78, 5) is 0. The van der Waals surface area contributed by atoms with Crippen LogP contribution in [-0.2, 0) is 0 Å². The molecule has 0 radical (unpaired) electrons. The predicted molar refractivity (Wildman–Crippen MR) is 55.1 cm³/mol. The Hall–Kier alpha value is 0.830. The first-order chi connectivity index (χ1) is 4.72. The van der Waals surface area contributed by atoms with E-state index < -0.39 is 0 Å². The van der Waals surface area contributed by atoms with Gasteiger partial charge >= 0.3 is 0 Å². The smallest absolute Gasteiger partial charge is 0.00624 e. The van der Waals surface area contributed by atoms with Crippen molar-refractivity contribution in [2.24, 2.45) is 11.8 Å². The van der Waals surface area contributed by atoms with Crippen LogP contribution in [0.25, 0.3) is 0 Å². The fraction of sp³-hybridized carbons (Fsp3) is 1.00. The number of alkyl halides is 1. The SMILES string of the molecule is CSCCC(CBr)C(C)C. The summed E-state index contributed by atoms with van der Waals surface area (Å²) in [6.07, 6.45) is 3.52. The fourth-order valence-corrected chi connectivity index (χ4v) is 2.47.